The molecule has 1 N–H and O–H groups in total. The zero-order chi connectivity index (χ0) is 22.0. The first-order valence-electron chi connectivity index (χ1n) is 10.3. The van der Waals surface area contributed by atoms with Crippen molar-refractivity contribution in [3.05, 3.63) is 71.3 Å². The van der Waals surface area contributed by atoms with Crippen LogP contribution in [0.2, 0.25) is 0 Å². The maximum Gasteiger partial charge on any atom is 0.263 e. The van der Waals surface area contributed by atoms with E-state index in [2.05, 4.69) is 55.6 Å². The van der Waals surface area contributed by atoms with Gasteiger partial charge in [0.2, 0.25) is 0 Å². The van der Waals surface area contributed by atoms with Gasteiger partial charge < -0.3 is 9.47 Å². The molecule has 0 fully saturated rings. The predicted octanol–water partition coefficient (Wildman–Crippen LogP) is 5.03. The molecule has 0 atom stereocenters. The maximum absolute atomic E-state index is 12.0. The Hall–Kier alpha value is -3.08. The zero-order valence-electron chi connectivity index (χ0n) is 18.6. The number of hydrazone groups is 1. The molecule has 2 rings (SSSR count). The molecule has 160 valence electrons. The second-order valence-electron chi connectivity index (χ2n) is 7.86. The number of hydrogen-bond acceptors (Lipinski definition) is 4. The monoisotopic (exact) mass is 408 g/mol. The number of allylic oxidation sites excluding steroid dienone is 1. The normalized spacial score (nSPS) is 11.8. The van der Waals surface area contributed by atoms with Crippen molar-refractivity contribution in [1.29, 1.82) is 0 Å². The van der Waals surface area contributed by atoms with E-state index in [4.69, 9.17) is 9.47 Å². The fourth-order valence-corrected chi connectivity index (χ4v) is 2.80. The zero-order valence-corrected chi connectivity index (χ0v) is 18.6. The minimum absolute atomic E-state index is 0.138. The summed E-state index contributed by atoms with van der Waals surface area (Å²) in [7, 11) is 0. The molecular formula is C25H32N2O3. The van der Waals surface area contributed by atoms with Crippen LogP contribution in [-0.4, -0.2) is 25.3 Å². The van der Waals surface area contributed by atoms with Gasteiger partial charge in [-0.1, -0.05) is 51.1 Å². The molecular weight excluding hydrogens is 376 g/mol. The Kier molecular flexibility index (Phi) is 8.66. The second-order valence-corrected chi connectivity index (χ2v) is 7.86. The third kappa shape index (κ3) is 7.39. The van der Waals surface area contributed by atoms with Crippen molar-refractivity contribution in [2.45, 2.75) is 46.5 Å². The molecule has 0 saturated carbocycles. The Bertz CT molecular complexity index is 878. The van der Waals surface area contributed by atoms with E-state index in [0.717, 1.165) is 11.1 Å². The van der Waals surface area contributed by atoms with Crippen molar-refractivity contribution in [2.75, 3.05) is 13.2 Å². The fraction of sp³-hybridized carbons (Fsp3) is 0.360. The van der Waals surface area contributed by atoms with Crippen LogP contribution in [-0.2, 0) is 16.6 Å². The van der Waals surface area contributed by atoms with E-state index in [-0.39, 0.29) is 11.3 Å². The van der Waals surface area contributed by atoms with Crippen molar-refractivity contribution < 1.29 is 14.3 Å². The average Bonchev–Trinajstić information content (AvgIpc) is 2.70. The van der Waals surface area contributed by atoms with Gasteiger partial charge in [0.1, 0.15) is 0 Å². The molecule has 0 saturated heterocycles. The van der Waals surface area contributed by atoms with Crippen molar-refractivity contribution in [2.24, 2.45) is 5.10 Å². The maximum atomic E-state index is 12.0. The number of benzene rings is 2. The van der Waals surface area contributed by atoms with Crippen LogP contribution in [0.25, 0.3) is 0 Å². The summed E-state index contributed by atoms with van der Waals surface area (Å²) in [5, 5.41) is 4.01. The summed E-state index contributed by atoms with van der Waals surface area (Å²) >= 11 is 0. The highest BCUT2D eigenvalue weighted by molar-refractivity contribution is 5.89. The van der Waals surface area contributed by atoms with E-state index in [1.165, 1.54) is 11.6 Å². The summed E-state index contributed by atoms with van der Waals surface area (Å²) in [4.78, 5) is 12.0. The molecule has 5 nitrogen and oxygen atoms in total. The van der Waals surface area contributed by atoms with E-state index >= 15 is 0 Å². The number of carbonyl (C=O) groups is 1. The van der Waals surface area contributed by atoms with Crippen LogP contribution in [0.1, 0.15) is 51.3 Å². The first kappa shape index (κ1) is 23.2. The third-order valence-corrected chi connectivity index (χ3v) is 4.40. The van der Waals surface area contributed by atoms with Crippen LogP contribution < -0.4 is 14.9 Å². The largest absolute Gasteiger partial charge is 0.490 e. The Morgan fingerprint density at radius 3 is 2.30 bits per heavy atom. The van der Waals surface area contributed by atoms with E-state index in [9.17, 15) is 4.79 Å². The quantitative estimate of drug-likeness (QED) is 0.360. The molecule has 0 aliphatic carbocycles. The third-order valence-electron chi connectivity index (χ3n) is 4.40. The number of hydrogen-bond donors (Lipinski definition) is 1. The summed E-state index contributed by atoms with van der Waals surface area (Å²) < 4.78 is 11.1. The minimum atomic E-state index is -0.270. The number of nitrogens with zero attached hydrogens (tertiary/aromatic N) is 1. The first-order valence-corrected chi connectivity index (χ1v) is 10.3. The van der Waals surface area contributed by atoms with Gasteiger partial charge in [0, 0.05) is 6.08 Å². The van der Waals surface area contributed by atoms with Crippen LogP contribution in [0.5, 0.6) is 11.5 Å². The SMILES string of the molecule is CCOc1ccc(/C=N/NC(=O)/C=C/Cc2ccc(C(C)(C)C)cc2)cc1OCC. The Morgan fingerprint density at radius 2 is 1.67 bits per heavy atom. The Labute approximate surface area is 179 Å². The van der Waals surface area contributed by atoms with Gasteiger partial charge in [-0.05, 0) is 60.6 Å². The summed E-state index contributed by atoms with van der Waals surface area (Å²) in [6, 6.07) is 14.0. The van der Waals surface area contributed by atoms with Gasteiger partial charge in [-0.2, -0.15) is 5.10 Å². The topological polar surface area (TPSA) is 59.9 Å². The van der Waals surface area contributed by atoms with Crippen LogP contribution >= 0.6 is 0 Å². The molecule has 1 amide bonds. The van der Waals surface area contributed by atoms with E-state index in [1.54, 1.807) is 6.21 Å². The second kappa shape index (κ2) is 11.2. The Balaban J connectivity index is 1.88. The summed E-state index contributed by atoms with van der Waals surface area (Å²) in [6.45, 7) is 11.5. The van der Waals surface area contributed by atoms with Crippen LogP contribution in [0, 0.1) is 0 Å². The van der Waals surface area contributed by atoms with Gasteiger partial charge in [0.25, 0.3) is 5.91 Å². The van der Waals surface area contributed by atoms with Gasteiger partial charge in [-0.15, -0.1) is 0 Å². The molecule has 0 spiro atoms. The van der Waals surface area contributed by atoms with Crippen LogP contribution in [0.4, 0.5) is 0 Å². The fourth-order valence-electron chi connectivity index (χ4n) is 2.80. The van der Waals surface area contributed by atoms with Gasteiger partial charge in [-0.25, -0.2) is 5.43 Å². The average molecular weight is 409 g/mol. The highest BCUT2D eigenvalue weighted by Gasteiger charge is 2.12. The van der Waals surface area contributed by atoms with Gasteiger partial charge in [0.15, 0.2) is 11.5 Å². The smallest absolute Gasteiger partial charge is 0.263 e. The van der Waals surface area contributed by atoms with Gasteiger partial charge >= 0.3 is 0 Å². The highest BCUT2D eigenvalue weighted by atomic mass is 16.5. The summed E-state index contributed by atoms with van der Waals surface area (Å²) in [5.74, 6) is 1.08. The number of carbonyl (C=O) groups excluding carboxylic acids is 1. The minimum Gasteiger partial charge on any atom is -0.490 e. The lowest BCUT2D eigenvalue weighted by Crippen LogP contribution is -2.14. The van der Waals surface area contributed by atoms with E-state index in [0.29, 0.717) is 31.1 Å². The molecule has 0 heterocycles. The lowest BCUT2D eigenvalue weighted by atomic mass is 9.86. The molecule has 0 aliphatic rings. The molecule has 2 aromatic rings. The predicted molar refractivity (Wildman–Crippen MR) is 123 cm³/mol. The van der Waals surface area contributed by atoms with E-state index < -0.39 is 0 Å². The summed E-state index contributed by atoms with van der Waals surface area (Å²) in [5.41, 5.74) is 5.91. The molecule has 0 aromatic heterocycles. The van der Waals surface area contributed by atoms with Crippen molar-refractivity contribution in [1.82, 2.24) is 5.43 Å². The molecule has 2 aromatic carbocycles. The first-order chi connectivity index (χ1) is 14.3. The van der Waals surface area contributed by atoms with E-state index in [1.807, 2.05) is 38.1 Å². The van der Waals surface area contributed by atoms with Crippen LogP contribution in [0.3, 0.4) is 0 Å². The van der Waals surface area contributed by atoms with Gasteiger partial charge in [-0.3, -0.25) is 4.79 Å². The molecule has 30 heavy (non-hydrogen) atoms. The molecule has 0 unspecified atom stereocenters. The standard InChI is InChI=1S/C25H32N2O3/c1-6-29-22-16-13-20(17-23(22)30-7-2)18-26-27-24(28)10-8-9-19-11-14-21(15-12-19)25(3,4)5/h8,10-18H,6-7,9H2,1-5H3,(H,27,28)/b10-8+,26-18+. The van der Waals surface area contributed by atoms with Crippen molar-refractivity contribution in [3.63, 3.8) is 0 Å². The summed E-state index contributed by atoms with van der Waals surface area (Å²) in [6.07, 6.45) is 5.60. The molecule has 0 bridgehead atoms. The number of nitrogens with one attached hydrogen (secondary N) is 1. The van der Waals surface area contributed by atoms with Gasteiger partial charge in [0.05, 0.1) is 19.4 Å². The lowest BCUT2D eigenvalue weighted by molar-refractivity contribution is -0.116. The molecule has 0 aliphatic heterocycles. The lowest BCUT2D eigenvalue weighted by Gasteiger charge is -2.18. The van der Waals surface area contributed by atoms with Crippen molar-refractivity contribution in [3.8, 4) is 11.5 Å². The molecule has 0 radical (unpaired) electrons. The Morgan fingerprint density at radius 1 is 1.00 bits per heavy atom. The number of amides is 1. The number of rotatable bonds is 9. The molecule has 5 heteroatoms. The van der Waals surface area contributed by atoms with Crippen LogP contribution in [0.15, 0.2) is 59.7 Å². The van der Waals surface area contributed by atoms with Crippen molar-refractivity contribution >= 4 is 12.1 Å². The highest BCUT2D eigenvalue weighted by Crippen LogP contribution is 2.28. The number of ether oxygens (including phenoxy) is 2.